The average molecular weight is 410 g/mol. The second kappa shape index (κ2) is 17.0. The van der Waals surface area contributed by atoms with Crippen molar-refractivity contribution in [3.63, 3.8) is 0 Å². The smallest absolute Gasteiger partial charge is 0.231 e. The number of rotatable bonds is 18. The molecular weight excluding hydrogens is 364 g/mol. The molecule has 0 aromatic carbocycles. The summed E-state index contributed by atoms with van der Waals surface area (Å²) in [4.78, 5) is 4.51. The minimum Gasteiger partial charge on any atom is -0.250 e. The first-order chi connectivity index (χ1) is 14.9. The summed E-state index contributed by atoms with van der Waals surface area (Å²) in [6, 6.07) is 12.5. The fourth-order valence-corrected chi connectivity index (χ4v) is 4.25. The van der Waals surface area contributed by atoms with Gasteiger partial charge in [0.05, 0.1) is 0 Å². The van der Waals surface area contributed by atoms with Crippen LogP contribution in [-0.2, 0) is 6.54 Å². The Morgan fingerprint density at radius 1 is 0.600 bits per heavy atom. The Kier molecular flexibility index (Phi) is 13.9. The van der Waals surface area contributed by atoms with Crippen molar-refractivity contribution in [1.82, 2.24) is 4.98 Å². The van der Waals surface area contributed by atoms with Crippen LogP contribution in [0, 0.1) is 0 Å². The first-order valence-corrected chi connectivity index (χ1v) is 12.8. The molecule has 166 valence electrons. The number of hydrogen-bond donors (Lipinski definition) is 0. The molecule has 0 N–H and O–H groups in total. The molecule has 0 aliphatic heterocycles. The minimum absolute atomic E-state index is 1.06. The van der Waals surface area contributed by atoms with Crippen LogP contribution in [0.3, 0.4) is 0 Å². The van der Waals surface area contributed by atoms with E-state index in [1.165, 1.54) is 108 Å². The van der Waals surface area contributed by atoms with E-state index in [1.54, 1.807) is 0 Å². The number of aromatic nitrogens is 2. The van der Waals surface area contributed by atoms with E-state index < -0.39 is 0 Å². The monoisotopic (exact) mass is 409 g/mol. The van der Waals surface area contributed by atoms with E-state index in [4.69, 9.17) is 0 Å². The molecule has 2 heterocycles. The summed E-state index contributed by atoms with van der Waals surface area (Å²) in [6.45, 7) is 3.38. The molecule has 0 aliphatic carbocycles. The second-order valence-electron chi connectivity index (χ2n) is 8.80. The standard InChI is InChI=1S/C28H45N2/c1-2-3-4-5-6-7-8-9-10-11-12-13-14-15-16-20-25-30-26-21-18-23-28(30)27-22-17-19-24-29-27/h17-19,21-24,26H,2-16,20,25H2,1H3/q+1. The number of pyridine rings is 2. The van der Waals surface area contributed by atoms with Gasteiger partial charge in [-0.05, 0) is 24.6 Å². The zero-order valence-electron chi connectivity index (χ0n) is 19.5. The lowest BCUT2D eigenvalue weighted by Gasteiger charge is -2.04. The Labute approximate surface area is 186 Å². The van der Waals surface area contributed by atoms with Crippen LogP contribution in [0.5, 0.6) is 0 Å². The molecule has 2 heteroatoms. The summed E-state index contributed by atoms with van der Waals surface area (Å²) in [5.74, 6) is 0. The maximum absolute atomic E-state index is 4.51. The molecule has 0 amide bonds. The van der Waals surface area contributed by atoms with Crippen LogP contribution >= 0.6 is 0 Å². The molecule has 2 nitrogen and oxygen atoms in total. The summed E-state index contributed by atoms with van der Waals surface area (Å²) >= 11 is 0. The van der Waals surface area contributed by atoms with Crippen molar-refractivity contribution in [2.24, 2.45) is 0 Å². The third-order valence-electron chi connectivity index (χ3n) is 6.12. The Bertz CT molecular complexity index is 638. The van der Waals surface area contributed by atoms with Gasteiger partial charge in [0, 0.05) is 24.8 Å². The van der Waals surface area contributed by atoms with Gasteiger partial charge in [0.1, 0.15) is 12.2 Å². The van der Waals surface area contributed by atoms with Crippen LogP contribution in [-0.4, -0.2) is 4.98 Å². The fraction of sp³-hybridized carbons (Fsp3) is 0.643. The van der Waals surface area contributed by atoms with Gasteiger partial charge < -0.3 is 0 Å². The van der Waals surface area contributed by atoms with E-state index in [2.05, 4.69) is 53.0 Å². The Hall–Kier alpha value is -1.70. The van der Waals surface area contributed by atoms with Crippen molar-refractivity contribution in [2.75, 3.05) is 0 Å². The largest absolute Gasteiger partial charge is 0.250 e. The molecule has 0 aliphatic rings. The maximum atomic E-state index is 4.51. The highest BCUT2D eigenvalue weighted by Gasteiger charge is 2.12. The Balaban J connectivity index is 1.43. The fourth-order valence-electron chi connectivity index (χ4n) is 4.25. The normalized spacial score (nSPS) is 11.1. The molecule has 0 saturated carbocycles. The molecular formula is C28H45N2+. The zero-order valence-corrected chi connectivity index (χ0v) is 19.5. The Morgan fingerprint density at radius 3 is 1.67 bits per heavy atom. The highest BCUT2D eigenvalue weighted by atomic mass is 15.0. The number of aryl methyl sites for hydroxylation is 1. The molecule has 2 rings (SSSR count). The second-order valence-corrected chi connectivity index (χ2v) is 8.80. The quantitative estimate of drug-likeness (QED) is 0.179. The summed E-state index contributed by atoms with van der Waals surface area (Å²) in [7, 11) is 0. The van der Waals surface area contributed by atoms with Crippen LogP contribution < -0.4 is 4.57 Å². The third-order valence-corrected chi connectivity index (χ3v) is 6.12. The summed E-state index contributed by atoms with van der Waals surface area (Å²) in [5.41, 5.74) is 2.29. The molecule has 0 saturated heterocycles. The third kappa shape index (κ3) is 10.9. The molecule has 0 unspecified atom stereocenters. The van der Waals surface area contributed by atoms with Crippen LogP contribution in [0.2, 0.25) is 0 Å². The van der Waals surface area contributed by atoms with Crippen LogP contribution in [0.4, 0.5) is 0 Å². The van der Waals surface area contributed by atoms with Crippen LogP contribution in [0.1, 0.15) is 110 Å². The van der Waals surface area contributed by atoms with Gasteiger partial charge in [-0.25, -0.2) is 4.98 Å². The predicted octanol–water partition coefficient (Wildman–Crippen LogP) is 8.30. The van der Waals surface area contributed by atoms with Gasteiger partial charge in [0.2, 0.25) is 5.69 Å². The van der Waals surface area contributed by atoms with Gasteiger partial charge in [-0.2, -0.15) is 4.57 Å². The molecule has 0 atom stereocenters. The topological polar surface area (TPSA) is 16.8 Å². The Morgan fingerprint density at radius 2 is 1.13 bits per heavy atom. The lowest BCUT2D eigenvalue weighted by molar-refractivity contribution is -0.686. The van der Waals surface area contributed by atoms with Crippen LogP contribution in [0.25, 0.3) is 11.4 Å². The number of unbranched alkanes of at least 4 members (excludes halogenated alkanes) is 15. The highest BCUT2D eigenvalue weighted by molar-refractivity contribution is 5.49. The lowest BCUT2D eigenvalue weighted by atomic mass is 10.0. The molecule has 0 fully saturated rings. The van der Waals surface area contributed by atoms with Gasteiger partial charge in [-0.1, -0.05) is 103 Å². The van der Waals surface area contributed by atoms with E-state index in [1.807, 2.05) is 12.3 Å². The van der Waals surface area contributed by atoms with E-state index in [9.17, 15) is 0 Å². The van der Waals surface area contributed by atoms with Crippen molar-refractivity contribution in [1.29, 1.82) is 0 Å². The highest BCUT2D eigenvalue weighted by Crippen LogP contribution is 2.14. The van der Waals surface area contributed by atoms with E-state index in [0.717, 1.165) is 12.2 Å². The van der Waals surface area contributed by atoms with E-state index in [-0.39, 0.29) is 0 Å². The van der Waals surface area contributed by atoms with Gasteiger partial charge in [0.15, 0.2) is 6.20 Å². The van der Waals surface area contributed by atoms with E-state index >= 15 is 0 Å². The van der Waals surface area contributed by atoms with Crippen molar-refractivity contribution < 1.29 is 4.57 Å². The first kappa shape index (κ1) is 24.6. The molecule has 0 bridgehead atoms. The summed E-state index contributed by atoms with van der Waals surface area (Å²) in [6.07, 6.45) is 26.8. The molecule has 0 spiro atoms. The summed E-state index contributed by atoms with van der Waals surface area (Å²) < 4.78 is 2.35. The molecule has 2 aromatic rings. The van der Waals surface area contributed by atoms with Crippen molar-refractivity contribution >= 4 is 0 Å². The minimum atomic E-state index is 1.06. The first-order valence-electron chi connectivity index (χ1n) is 12.8. The van der Waals surface area contributed by atoms with Gasteiger partial charge in [-0.3, -0.25) is 0 Å². The number of nitrogens with zero attached hydrogens (tertiary/aromatic N) is 2. The van der Waals surface area contributed by atoms with Crippen molar-refractivity contribution in [3.8, 4) is 11.4 Å². The predicted molar refractivity (Wildman–Crippen MR) is 129 cm³/mol. The van der Waals surface area contributed by atoms with Crippen molar-refractivity contribution in [3.05, 3.63) is 48.8 Å². The van der Waals surface area contributed by atoms with Gasteiger partial charge in [0.25, 0.3) is 0 Å². The lowest BCUT2D eigenvalue weighted by Crippen LogP contribution is -2.35. The van der Waals surface area contributed by atoms with E-state index in [0.29, 0.717) is 0 Å². The van der Waals surface area contributed by atoms with Gasteiger partial charge in [-0.15, -0.1) is 0 Å². The van der Waals surface area contributed by atoms with Crippen molar-refractivity contribution in [2.45, 2.75) is 116 Å². The zero-order chi connectivity index (χ0) is 21.1. The SMILES string of the molecule is CCCCCCCCCCCCCCCCCC[n+]1ccccc1-c1ccccn1. The maximum Gasteiger partial charge on any atom is 0.231 e. The molecule has 2 aromatic heterocycles. The molecule has 0 radical (unpaired) electrons. The van der Waals surface area contributed by atoms with Gasteiger partial charge >= 0.3 is 0 Å². The molecule has 30 heavy (non-hydrogen) atoms. The number of hydrogen-bond acceptors (Lipinski definition) is 1. The summed E-state index contributed by atoms with van der Waals surface area (Å²) in [5, 5.41) is 0. The average Bonchev–Trinajstić information content (AvgIpc) is 2.79. The van der Waals surface area contributed by atoms with Crippen LogP contribution in [0.15, 0.2) is 48.8 Å².